The number of hydrogen-bond acceptors (Lipinski definition) is 6. The molecular weight excluding hydrogens is 452 g/mol. The Balaban J connectivity index is 2.95. The Hall–Kier alpha value is -2.65. The lowest BCUT2D eigenvalue weighted by molar-refractivity contribution is -0.141. The number of rotatable bonds is 10. The fraction of sp³-hybridized carbons (Fsp3) is 0.800. The number of ketones is 1. The third-order valence-corrected chi connectivity index (χ3v) is 5.81. The third-order valence-electron chi connectivity index (χ3n) is 5.81. The highest BCUT2D eigenvalue weighted by Crippen LogP contribution is 2.15. The number of carbonyl (C=O) groups excluding carboxylic acids is 5. The Morgan fingerprint density at radius 1 is 1.06 bits per heavy atom. The van der Waals surface area contributed by atoms with Crippen molar-refractivity contribution in [3.63, 3.8) is 0 Å². The number of alkyl carbamates (subject to hydrolysis) is 1. The van der Waals surface area contributed by atoms with E-state index in [1.807, 2.05) is 48.5 Å². The van der Waals surface area contributed by atoms with Crippen molar-refractivity contribution in [1.29, 1.82) is 0 Å². The van der Waals surface area contributed by atoms with Crippen molar-refractivity contribution in [1.82, 2.24) is 21.3 Å². The minimum Gasteiger partial charge on any atom is -0.449 e. The van der Waals surface area contributed by atoms with Gasteiger partial charge in [0.1, 0.15) is 12.1 Å². The summed E-state index contributed by atoms with van der Waals surface area (Å²) in [7, 11) is 0. The second-order valence-electron chi connectivity index (χ2n) is 11.0. The van der Waals surface area contributed by atoms with E-state index < -0.39 is 47.7 Å². The third kappa shape index (κ3) is 11.1. The lowest BCUT2D eigenvalue weighted by atomic mass is 9.96. The molecule has 1 fully saturated rings. The van der Waals surface area contributed by atoms with Crippen molar-refractivity contribution in [2.75, 3.05) is 13.2 Å². The van der Waals surface area contributed by atoms with E-state index in [1.54, 1.807) is 0 Å². The maximum Gasteiger partial charge on any atom is 0.407 e. The van der Waals surface area contributed by atoms with Gasteiger partial charge in [0.05, 0.1) is 12.6 Å². The van der Waals surface area contributed by atoms with Crippen molar-refractivity contribution in [2.45, 2.75) is 98.7 Å². The van der Waals surface area contributed by atoms with Crippen LogP contribution in [-0.2, 0) is 23.9 Å². The van der Waals surface area contributed by atoms with E-state index in [0.717, 1.165) is 0 Å². The molecule has 0 aromatic rings. The Bertz CT molecular complexity index is 762. The quantitative estimate of drug-likeness (QED) is 0.341. The summed E-state index contributed by atoms with van der Waals surface area (Å²) in [6.45, 7) is 14.0. The van der Waals surface area contributed by atoms with Gasteiger partial charge in [-0.3, -0.25) is 19.2 Å². The van der Waals surface area contributed by atoms with Gasteiger partial charge in [-0.25, -0.2) is 4.79 Å². The minimum absolute atomic E-state index is 0.0640. The summed E-state index contributed by atoms with van der Waals surface area (Å²) < 4.78 is 5.26. The minimum atomic E-state index is -0.940. The van der Waals surface area contributed by atoms with Crippen LogP contribution in [0.4, 0.5) is 4.79 Å². The molecule has 4 N–H and O–H groups in total. The molecule has 0 aromatic carbocycles. The summed E-state index contributed by atoms with van der Waals surface area (Å²) in [5.41, 5.74) is -0.225. The van der Waals surface area contributed by atoms with Crippen molar-refractivity contribution >= 4 is 29.6 Å². The lowest BCUT2D eigenvalue weighted by Gasteiger charge is -2.28. The summed E-state index contributed by atoms with van der Waals surface area (Å²) in [6, 6.07) is -2.77. The zero-order valence-corrected chi connectivity index (χ0v) is 22.3. The molecule has 1 rings (SSSR count). The molecule has 1 aliphatic rings. The zero-order valence-electron chi connectivity index (χ0n) is 22.3. The van der Waals surface area contributed by atoms with Crippen molar-refractivity contribution in [2.24, 2.45) is 17.3 Å². The molecule has 4 amide bonds. The molecule has 0 aliphatic carbocycles. The van der Waals surface area contributed by atoms with Gasteiger partial charge >= 0.3 is 6.09 Å². The monoisotopic (exact) mass is 496 g/mol. The molecule has 1 saturated heterocycles. The maximum atomic E-state index is 13.2. The Morgan fingerprint density at radius 3 is 2.29 bits per heavy atom. The first-order chi connectivity index (χ1) is 16.2. The second-order valence-corrected chi connectivity index (χ2v) is 11.0. The summed E-state index contributed by atoms with van der Waals surface area (Å²) in [5, 5.41) is 10.6. The molecule has 1 aliphatic heterocycles. The van der Waals surface area contributed by atoms with Crippen LogP contribution in [0.5, 0.6) is 0 Å². The van der Waals surface area contributed by atoms with Crippen molar-refractivity contribution < 1.29 is 28.7 Å². The van der Waals surface area contributed by atoms with E-state index in [0.29, 0.717) is 38.6 Å². The number of hydrogen-bond donors (Lipinski definition) is 4. The first-order valence-corrected chi connectivity index (χ1v) is 12.6. The van der Waals surface area contributed by atoms with E-state index in [2.05, 4.69) is 21.3 Å². The van der Waals surface area contributed by atoms with Crippen LogP contribution in [0.3, 0.4) is 0 Å². The average Bonchev–Trinajstić information content (AvgIpc) is 2.76. The maximum absolute atomic E-state index is 13.2. The van der Waals surface area contributed by atoms with Crippen LogP contribution in [0.1, 0.15) is 80.6 Å². The molecule has 4 atom stereocenters. The summed E-state index contributed by atoms with van der Waals surface area (Å²) in [5.74, 6) is -2.58. The van der Waals surface area contributed by atoms with Crippen LogP contribution in [0, 0.1) is 17.3 Å². The van der Waals surface area contributed by atoms with Crippen LogP contribution >= 0.6 is 0 Å². The predicted octanol–water partition coefficient (Wildman–Crippen LogP) is 2.06. The molecule has 200 valence electrons. The molecule has 10 nitrogen and oxygen atoms in total. The smallest absolute Gasteiger partial charge is 0.407 e. The fourth-order valence-corrected chi connectivity index (χ4v) is 3.58. The molecule has 0 radical (unpaired) electrons. The Labute approximate surface area is 209 Å². The highest BCUT2D eigenvalue weighted by atomic mass is 16.5. The first kappa shape index (κ1) is 30.4. The van der Waals surface area contributed by atoms with Crippen molar-refractivity contribution in [3.8, 4) is 0 Å². The molecule has 0 saturated carbocycles. The summed E-state index contributed by atoms with van der Waals surface area (Å²) in [4.78, 5) is 63.0. The van der Waals surface area contributed by atoms with Gasteiger partial charge in [-0.05, 0) is 42.9 Å². The van der Waals surface area contributed by atoms with Crippen LogP contribution in [0.25, 0.3) is 0 Å². The SMILES string of the molecule is CCC(C)C(NC(=O)OCC(C)(C)C)C(=O)NC(CC(C)C)C(=O)NC1CCCCNC(=O)C1=O. The van der Waals surface area contributed by atoms with E-state index in [9.17, 15) is 24.0 Å². The first-order valence-electron chi connectivity index (χ1n) is 12.6. The van der Waals surface area contributed by atoms with Gasteiger partial charge in [0, 0.05) is 6.54 Å². The number of nitrogens with one attached hydrogen (secondary N) is 4. The van der Waals surface area contributed by atoms with E-state index in [4.69, 9.17) is 4.74 Å². The van der Waals surface area contributed by atoms with E-state index >= 15 is 0 Å². The standard InChI is InChI=1S/C25H44N4O6/c1-8-16(4)19(29-24(34)35-14-25(5,6)7)22(32)28-18(13-15(2)3)21(31)27-17-11-9-10-12-26-23(33)20(17)30/h15-19H,8-14H2,1-7H3,(H,26,33)(H,27,31)(H,28,32)(H,29,34). The Morgan fingerprint density at radius 2 is 1.71 bits per heavy atom. The largest absolute Gasteiger partial charge is 0.449 e. The van der Waals surface area contributed by atoms with Gasteiger partial charge in [0.15, 0.2) is 0 Å². The second kappa shape index (κ2) is 14.0. The van der Waals surface area contributed by atoms with Gasteiger partial charge in [0.25, 0.3) is 5.91 Å². The van der Waals surface area contributed by atoms with Crippen LogP contribution in [-0.4, -0.2) is 60.9 Å². The van der Waals surface area contributed by atoms with Crippen LogP contribution in [0.2, 0.25) is 0 Å². The average molecular weight is 497 g/mol. The summed E-state index contributed by atoms with van der Waals surface area (Å²) in [6.07, 6.45) is 1.99. The topological polar surface area (TPSA) is 143 Å². The number of ether oxygens (including phenoxy) is 1. The van der Waals surface area contributed by atoms with Crippen LogP contribution < -0.4 is 21.3 Å². The van der Waals surface area contributed by atoms with Gasteiger partial charge in [-0.2, -0.15) is 0 Å². The van der Waals surface area contributed by atoms with Crippen LogP contribution in [0.15, 0.2) is 0 Å². The molecular formula is C25H44N4O6. The Kier molecular flexibility index (Phi) is 12.2. The lowest BCUT2D eigenvalue weighted by Crippen LogP contribution is -2.58. The van der Waals surface area contributed by atoms with Crippen molar-refractivity contribution in [3.05, 3.63) is 0 Å². The molecule has 0 bridgehead atoms. The molecule has 10 heteroatoms. The van der Waals surface area contributed by atoms with Gasteiger partial charge < -0.3 is 26.0 Å². The number of Topliss-reactive ketones (excluding diaryl/α,β-unsaturated/α-hetero) is 1. The highest BCUT2D eigenvalue weighted by molar-refractivity contribution is 6.38. The fourth-order valence-electron chi connectivity index (χ4n) is 3.58. The van der Waals surface area contributed by atoms with E-state index in [1.165, 1.54) is 0 Å². The van der Waals surface area contributed by atoms with Gasteiger partial charge in [0.2, 0.25) is 17.6 Å². The molecule has 0 aromatic heterocycles. The van der Waals surface area contributed by atoms with Gasteiger partial charge in [-0.1, -0.05) is 54.9 Å². The molecule has 1 heterocycles. The summed E-state index contributed by atoms with van der Waals surface area (Å²) >= 11 is 0. The predicted molar refractivity (Wildman–Crippen MR) is 132 cm³/mol. The zero-order chi connectivity index (χ0) is 26.8. The molecule has 35 heavy (non-hydrogen) atoms. The molecule has 4 unspecified atom stereocenters. The number of carbonyl (C=O) groups is 5. The highest BCUT2D eigenvalue weighted by Gasteiger charge is 2.34. The normalized spacial score (nSPS) is 19.5. The number of amides is 4. The molecule has 0 spiro atoms. The van der Waals surface area contributed by atoms with Gasteiger partial charge in [-0.15, -0.1) is 0 Å². The van der Waals surface area contributed by atoms with E-state index in [-0.39, 0.29) is 23.9 Å².